The van der Waals surface area contributed by atoms with E-state index in [1.165, 1.54) is 18.2 Å². The van der Waals surface area contributed by atoms with Crippen molar-refractivity contribution in [1.82, 2.24) is 0 Å². The predicted octanol–water partition coefficient (Wildman–Crippen LogP) is 2.84. The number of rotatable bonds is 5. The zero-order valence-corrected chi connectivity index (χ0v) is 13.0. The molecule has 0 saturated carbocycles. The third kappa shape index (κ3) is 3.92. The minimum absolute atomic E-state index is 0.139. The molecule has 0 heterocycles. The largest absolute Gasteiger partial charge is 0.302 e. The molecule has 1 unspecified atom stereocenters. The zero-order chi connectivity index (χ0) is 16.3. The lowest BCUT2D eigenvalue weighted by Gasteiger charge is -2.13. The Bertz CT molecular complexity index is 803. The molecule has 0 aliphatic heterocycles. The first-order valence-corrected chi connectivity index (χ1v) is 8.48. The Labute approximate surface area is 129 Å². The maximum absolute atomic E-state index is 14.0. The van der Waals surface area contributed by atoms with Gasteiger partial charge in [0.15, 0.2) is 0 Å². The van der Waals surface area contributed by atoms with Crippen LogP contribution in [0.5, 0.6) is 0 Å². The van der Waals surface area contributed by atoms with Gasteiger partial charge in [0.2, 0.25) is 10.0 Å². The fraction of sp³-hybridized carbons (Fsp3) is 0.188. The van der Waals surface area contributed by atoms with E-state index in [-0.39, 0.29) is 5.69 Å². The highest BCUT2D eigenvalue weighted by Gasteiger charge is 2.16. The number of aryl methyl sites for hydroxylation is 1. The molecule has 0 amide bonds. The van der Waals surface area contributed by atoms with Crippen molar-refractivity contribution >= 4 is 22.0 Å². The van der Waals surface area contributed by atoms with E-state index in [2.05, 4.69) is 4.72 Å². The van der Waals surface area contributed by atoms with E-state index in [0.29, 0.717) is 5.56 Å². The first-order chi connectivity index (χ1) is 10.3. The predicted molar refractivity (Wildman–Crippen MR) is 84.0 cm³/mol. The third-order valence-corrected chi connectivity index (χ3v) is 3.78. The monoisotopic (exact) mass is 321 g/mol. The molecule has 0 aromatic heterocycles. The van der Waals surface area contributed by atoms with E-state index in [4.69, 9.17) is 0 Å². The Balaban J connectivity index is 2.39. The quantitative estimate of drug-likeness (QED) is 0.861. The Morgan fingerprint density at radius 3 is 2.36 bits per heavy atom. The molecule has 0 radical (unpaired) electrons. The van der Waals surface area contributed by atoms with Crippen LogP contribution in [0, 0.1) is 12.7 Å². The Morgan fingerprint density at radius 1 is 1.14 bits per heavy atom. The molecular formula is C16H16FNO3S. The summed E-state index contributed by atoms with van der Waals surface area (Å²) in [5.41, 5.74) is 2.09. The van der Waals surface area contributed by atoms with Crippen LogP contribution in [0.2, 0.25) is 0 Å². The third-order valence-electron chi connectivity index (χ3n) is 3.18. The van der Waals surface area contributed by atoms with Gasteiger partial charge in [0.25, 0.3) is 0 Å². The zero-order valence-electron chi connectivity index (χ0n) is 12.2. The first-order valence-electron chi connectivity index (χ1n) is 6.59. The van der Waals surface area contributed by atoms with Crippen LogP contribution in [0.1, 0.15) is 22.6 Å². The summed E-state index contributed by atoms with van der Waals surface area (Å²) in [7, 11) is -3.56. The molecule has 0 aliphatic carbocycles. The Kier molecular flexibility index (Phi) is 4.61. The fourth-order valence-electron chi connectivity index (χ4n) is 2.22. The van der Waals surface area contributed by atoms with Crippen LogP contribution in [0.4, 0.5) is 10.1 Å². The highest BCUT2D eigenvalue weighted by atomic mass is 32.2. The molecule has 22 heavy (non-hydrogen) atoms. The summed E-state index contributed by atoms with van der Waals surface area (Å²) in [6.45, 7) is 1.91. The van der Waals surface area contributed by atoms with Crippen LogP contribution in [0.25, 0.3) is 0 Å². The Morgan fingerprint density at radius 2 is 1.82 bits per heavy atom. The summed E-state index contributed by atoms with van der Waals surface area (Å²) in [4.78, 5) is 11.4. The highest BCUT2D eigenvalue weighted by molar-refractivity contribution is 7.92. The fourth-order valence-corrected chi connectivity index (χ4v) is 2.79. The van der Waals surface area contributed by atoms with Crippen LogP contribution in [-0.4, -0.2) is 21.0 Å². The summed E-state index contributed by atoms with van der Waals surface area (Å²) in [5, 5.41) is 0. The minimum atomic E-state index is -3.56. The van der Waals surface area contributed by atoms with Gasteiger partial charge >= 0.3 is 0 Å². The van der Waals surface area contributed by atoms with Gasteiger partial charge < -0.3 is 4.79 Å². The van der Waals surface area contributed by atoms with E-state index in [1.54, 1.807) is 6.07 Å². The molecule has 1 atom stereocenters. The lowest BCUT2D eigenvalue weighted by molar-refractivity contribution is -0.108. The molecule has 2 aromatic rings. The number of benzene rings is 2. The molecule has 0 fully saturated rings. The van der Waals surface area contributed by atoms with Crippen molar-refractivity contribution in [2.45, 2.75) is 12.8 Å². The SMILES string of the molecule is Cc1cccc(C(C=O)c2ccc(NS(C)(=O)=O)c(F)c2)c1. The van der Waals surface area contributed by atoms with Gasteiger partial charge in [-0.05, 0) is 30.2 Å². The van der Waals surface area contributed by atoms with Gasteiger partial charge in [0.05, 0.1) is 17.9 Å². The second-order valence-corrected chi connectivity index (χ2v) is 6.89. The number of hydrogen-bond donors (Lipinski definition) is 1. The number of aldehydes is 1. The van der Waals surface area contributed by atoms with Gasteiger partial charge in [0, 0.05) is 0 Å². The molecule has 2 rings (SSSR count). The molecule has 2 aromatic carbocycles. The molecule has 4 nitrogen and oxygen atoms in total. The van der Waals surface area contributed by atoms with Crippen molar-refractivity contribution in [1.29, 1.82) is 0 Å². The van der Waals surface area contributed by atoms with Crippen LogP contribution in [0.15, 0.2) is 42.5 Å². The maximum Gasteiger partial charge on any atom is 0.229 e. The lowest BCUT2D eigenvalue weighted by Crippen LogP contribution is -2.11. The summed E-state index contributed by atoms with van der Waals surface area (Å²) < 4.78 is 38.4. The van der Waals surface area contributed by atoms with Gasteiger partial charge in [-0.15, -0.1) is 0 Å². The van der Waals surface area contributed by atoms with Gasteiger partial charge in [0.1, 0.15) is 12.1 Å². The summed E-state index contributed by atoms with van der Waals surface area (Å²) in [5.74, 6) is -1.32. The van der Waals surface area contributed by atoms with Crippen molar-refractivity contribution in [3.8, 4) is 0 Å². The molecule has 116 valence electrons. The van der Waals surface area contributed by atoms with Gasteiger partial charge in [-0.2, -0.15) is 0 Å². The molecule has 0 aliphatic rings. The van der Waals surface area contributed by atoms with Crippen LogP contribution >= 0.6 is 0 Å². The molecule has 1 N–H and O–H groups in total. The number of carbonyl (C=O) groups excluding carboxylic acids is 1. The summed E-state index contributed by atoms with van der Waals surface area (Å²) >= 11 is 0. The van der Waals surface area contributed by atoms with E-state index in [0.717, 1.165) is 23.7 Å². The van der Waals surface area contributed by atoms with Crippen molar-refractivity contribution < 1.29 is 17.6 Å². The number of carbonyl (C=O) groups is 1. The van der Waals surface area contributed by atoms with Crippen molar-refractivity contribution in [3.63, 3.8) is 0 Å². The van der Waals surface area contributed by atoms with E-state index >= 15 is 0 Å². The summed E-state index contributed by atoms with van der Waals surface area (Å²) in [6.07, 6.45) is 1.69. The van der Waals surface area contributed by atoms with E-state index < -0.39 is 21.8 Å². The normalized spacial score (nSPS) is 12.7. The molecule has 0 saturated heterocycles. The topological polar surface area (TPSA) is 63.2 Å². The number of anilines is 1. The molecule has 0 spiro atoms. The van der Waals surface area contributed by atoms with Crippen molar-refractivity contribution in [3.05, 3.63) is 65.0 Å². The second kappa shape index (κ2) is 6.27. The number of hydrogen-bond acceptors (Lipinski definition) is 3. The first kappa shape index (κ1) is 16.2. The maximum atomic E-state index is 14.0. The summed E-state index contributed by atoms with van der Waals surface area (Å²) in [6, 6.07) is 11.4. The number of sulfonamides is 1. The standard InChI is InChI=1S/C16H16FNO3S/c1-11-4-3-5-12(8-11)14(10-19)13-6-7-16(15(17)9-13)18-22(2,20)21/h3-10,14,18H,1-2H3. The highest BCUT2D eigenvalue weighted by Crippen LogP contribution is 2.26. The van der Waals surface area contributed by atoms with Crippen molar-refractivity contribution in [2.75, 3.05) is 11.0 Å². The van der Waals surface area contributed by atoms with Crippen LogP contribution in [-0.2, 0) is 14.8 Å². The average Bonchev–Trinajstić information content (AvgIpc) is 2.41. The molecule has 0 bridgehead atoms. The number of halogens is 1. The van der Waals surface area contributed by atoms with E-state index in [1.807, 2.05) is 25.1 Å². The molecule has 6 heteroatoms. The molecular weight excluding hydrogens is 305 g/mol. The second-order valence-electron chi connectivity index (χ2n) is 5.14. The number of nitrogens with one attached hydrogen (secondary N) is 1. The van der Waals surface area contributed by atoms with E-state index in [9.17, 15) is 17.6 Å². The van der Waals surface area contributed by atoms with Gasteiger partial charge in [-0.1, -0.05) is 35.9 Å². The van der Waals surface area contributed by atoms with Gasteiger partial charge in [-0.3, -0.25) is 4.72 Å². The average molecular weight is 321 g/mol. The van der Waals surface area contributed by atoms with Crippen LogP contribution < -0.4 is 4.72 Å². The Hall–Kier alpha value is -2.21. The smallest absolute Gasteiger partial charge is 0.229 e. The minimum Gasteiger partial charge on any atom is -0.302 e. The van der Waals surface area contributed by atoms with Crippen molar-refractivity contribution in [2.24, 2.45) is 0 Å². The van der Waals surface area contributed by atoms with Gasteiger partial charge in [-0.25, -0.2) is 12.8 Å². The lowest BCUT2D eigenvalue weighted by atomic mass is 9.91. The van der Waals surface area contributed by atoms with Crippen LogP contribution in [0.3, 0.4) is 0 Å².